The van der Waals surface area contributed by atoms with Crippen molar-refractivity contribution < 1.29 is 0 Å². The van der Waals surface area contributed by atoms with Gasteiger partial charge in [0.2, 0.25) is 0 Å². The highest BCUT2D eigenvalue weighted by atomic mass is 15.1. The summed E-state index contributed by atoms with van der Waals surface area (Å²) in [5.41, 5.74) is 5.86. The standard InChI is InChI=1S/C18H29N5/c1-13(2)21-17-7-6-15(10-14(17)3)18-16(11-20-22-18)12-23(5)9-8-19-4/h6-7,10-11,13,19,21H,8-9,12H2,1-5H3,(H,20,22). The van der Waals surface area contributed by atoms with Gasteiger partial charge in [0, 0.05) is 48.7 Å². The lowest BCUT2D eigenvalue weighted by molar-refractivity contribution is 0.328. The molecule has 5 heteroatoms. The van der Waals surface area contributed by atoms with Gasteiger partial charge in [-0.3, -0.25) is 5.10 Å². The van der Waals surface area contributed by atoms with Crippen molar-refractivity contribution in [2.24, 2.45) is 0 Å². The molecule has 0 radical (unpaired) electrons. The van der Waals surface area contributed by atoms with E-state index < -0.39 is 0 Å². The monoisotopic (exact) mass is 315 g/mol. The molecule has 0 spiro atoms. The predicted molar refractivity (Wildman–Crippen MR) is 97.8 cm³/mol. The maximum Gasteiger partial charge on any atom is 0.0965 e. The van der Waals surface area contributed by atoms with Crippen LogP contribution in [0.3, 0.4) is 0 Å². The quantitative estimate of drug-likeness (QED) is 0.701. The first kappa shape index (κ1) is 17.5. The van der Waals surface area contributed by atoms with Crippen molar-refractivity contribution in [1.82, 2.24) is 20.4 Å². The summed E-state index contributed by atoms with van der Waals surface area (Å²) in [7, 11) is 4.11. The van der Waals surface area contributed by atoms with E-state index in [0.29, 0.717) is 6.04 Å². The van der Waals surface area contributed by atoms with Gasteiger partial charge in [-0.05, 0) is 52.6 Å². The maximum atomic E-state index is 4.46. The number of H-pyrrole nitrogens is 1. The van der Waals surface area contributed by atoms with Crippen LogP contribution in [-0.4, -0.2) is 48.3 Å². The molecule has 0 aliphatic heterocycles. The summed E-state index contributed by atoms with van der Waals surface area (Å²) in [6.45, 7) is 9.33. The summed E-state index contributed by atoms with van der Waals surface area (Å²) in [5.74, 6) is 0. The number of rotatable bonds is 8. The lowest BCUT2D eigenvalue weighted by Gasteiger charge is -2.17. The number of hydrogen-bond donors (Lipinski definition) is 3. The van der Waals surface area contributed by atoms with Gasteiger partial charge in [0.1, 0.15) is 0 Å². The Hall–Kier alpha value is -1.85. The van der Waals surface area contributed by atoms with Crippen molar-refractivity contribution in [3.63, 3.8) is 0 Å². The van der Waals surface area contributed by atoms with E-state index in [-0.39, 0.29) is 0 Å². The second-order valence-electron chi connectivity index (χ2n) is 6.43. The smallest absolute Gasteiger partial charge is 0.0965 e. The SMILES string of the molecule is CNCCN(C)Cc1c[nH]nc1-c1ccc(NC(C)C)c(C)c1. The second kappa shape index (κ2) is 8.13. The fourth-order valence-electron chi connectivity index (χ4n) is 2.64. The van der Waals surface area contributed by atoms with Gasteiger partial charge in [-0.1, -0.05) is 6.07 Å². The number of benzene rings is 1. The van der Waals surface area contributed by atoms with Crippen LogP contribution in [0.15, 0.2) is 24.4 Å². The molecule has 1 heterocycles. The van der Waals surface area contributed by atoms with E-state index in [0.717, 1.165) is 30.9 Å². The first-order chi connectivity index (χ1) is 11.0. The average molecular weight is 315 g/mol. The molecule has 5 nitrogen and oxygen atoms in total. The highest BCUT2D eigenvalue weighted by Gasteiger charge is 2.12. The lowest BCUT2D eigenvalue weighted by Crippen LogP contribution is -2.27. The number of aromatic nitrogens is 2. The van der Waals surface area contributed by atoms with Gasteiger partial charge in [-0.15, -0.1) is 0 Å². The summed E-state index contributed by atoms with van der Waals surface area (Å²) in [5, 5.41) is 14.1. The number of anilines is 1. The van der Waals surface area contributed by atoms with Crippen LogP contribution < -0.4 is 10.6 Å². The van der Waals surface area contributed by atoms with Crippen molar-refractivity contribution in [3.05, 3.63) is 35.5 Å². The van der Waals surface area contributed by atoms with Gasteiger partial charge in [0.25, 0.3) is 0 Å². The summed E-state index contributed by atoms with van der Waals surface area (Å²) in [4.78, 5) is 2.30. The molecule has 3 N–H and O–H groups in total. The van der Waals surface area contributed by atoms with Gasteiger partial charge >= 0.3 is 0 Å². The minimum atomic E-state index is 0.432. The van der Waals surface area contributed by atoms with Crippen LogP contribution in [0.5, 0.6) is 0 Å². The number of likely N-dealkylation sites (N-methyl/N-ethyl adjacent to an activating group) is 2. The number of nitrogens with zero attached hydrogens (tertiary/aromatic N) is 2. The molecule has 0 amide bonds. The van der Waals surface area contributed by atoms with Crippen LogP contribution in [0, 0.1) is 6.92 Å². The second-order valence-corrected chi connectivity index (χ2v) is 6.43. The zero-order chi connectivity index (χ0) is 16.8. The zero-order valence-electron chi connectivity index (χ0n) is 14.9. The van der Waals surface area contributed by atoms with Crippen LogP contribution in [0.25, 0.3) is 11.3 Å². The Morgan fingerprint density at radius 1 is 1.30 bits per heavy atom. The Kier molecular flexibility index (Phi) is 6.19. The normalized spacial score (nSPS) is 11.4. The molecule has 0 aliphatic carbocycles. The van der Waals surface area contributed by atoms with E-state index in [1.807, 2.05) is 13.2 Å². The zero-order valence-corrected chi connectivity index (χ0v) is 14.9. The van der Waals surface area contributed by atoms with Gasteiger partial charge in [-0.25, -0.2) is 0 Å². The van der Waals surface area contributed by atoms with E-state index in [4.69, 9.17) is 0 Å². The Labute approximate surface area is 139 Å². The summed E-state index contributed by atoms with van der Waals surface area (Å²) < 4.78 is 0. The number of nitrogens with one attached hydrogen (secondary N) is 3. The first-order valence-corrected chi connectivity index (χ1v) is 8.24. The van der Waals surface area contributed by atoms with E-state index in [9.17, 15) is 0 Å². The Bertz CT molecular complexity index is 618. The van der Waals surface area contributed by atoms with Gasteiger partial charge in [0.15, 0.2) is 0 Å². The minimum Gasteiger partial charge on any atom is -0.383 e. The molecule has 126 valence electrons. The van der Waals surface area contributed by atoms with Crippen LogP contribution in [0.4, 0.5) is 5.69 Å². The molecular formula is C18H29N5. The molecule has 1 aromatic heterocycles. The van der Waals surface area contributed by atoms with Crippen molar-refractivity contribution in [2.45, 2.75) is 33.4 Å². The lowest BCUT2D eigenvalue weighted by atomic mass is 10.0. The minimum absolute atomic E-state index is 0.432. The number of aromatic amines is 1. The van der Waals surface area contributed by atoms with Gasteiger partial charge in [0.05, 0.1) is 5.69 Å². The maximum absolute atomic E-state index is 4.46. The topological polar surface area (TPSA) is 56.0 Å². The molecule has 2 rings (SSSR count). The molecule has 0 atom stereocenters. The van der Waals surface area contributed by atoms with E-state index in [1.165, 1.54) is 16.8 Å². The van der Waals surface area contributed by atoms with Crippen LogP contribution in [-0.2, 0) is 6.54 Å². The van der Waals surface area contributed by atoms with Gasteiger partial charge < -0.3 is 15.5 Å². The van der Waals surface area contributed by atoms with Crippen molar-refractivity contribution in [3.8, 4) is 11.3 Å². The molecule has 0 bridgehead atoms. The van der Waals surface area contributed by atoms with E-state index in [2.05, 4.69) is 71.7 Å². The van der Waals surface area contributed by atoms with Crippen LogP contribution >= 0.6 is 0 Å². The average Bonchev–Trinajstić information content (AvgIpc) is 2.95. The van der Waals surface area contributed by atoms with Crippen molar-refractivity contribution >= 4 is 5.69 Å². The Morgan fingerprint density at radius 2 is 2.09 bits per heavy atom. The van der Waals surface area contributed by atoms with E-state index >= 15 is 0 Å². The third-order valence-electron chi connectivity index (χ3n) is 3.85. The van der Waals surface area contributed by atoms with Crippen molar-refractivity contribution in [1.29, 1.82) is 0 Å². The van der Waals surface area contributed by atoms with Gasteiger partial charge in [-0.2, -0.15) is 5.10 Å². The van der Waals surface area contributed by atoms with Crippen LogP contribution in [0.2, 0.25) is 0 Å². The molecule has 0 saturated heterocycles. The summed E-state index contributed by atoms with van der Waals surface area (Å²) >= 11 is 0. The Balaban J connectivity index is 2.16. The largest absolute Gasteiger partial charge is 0.383 e. The highest BCUT2D eigenvalue weighted by Crippen LogP contribution is 2.26. The first-order valence-electron chi connectivity index (χ1n) is 8.24. The van der Waals surface area contributed by atoms with Crippen molar-refractivity contribution in [2.75, 3.05) is 32.5 Å². The number of aryl methyl sites for hydroxylation is 1. The molecule has 0 unspecified atom stereocenters. The van der Waals surface area contributed by atoms with E-state index in [1.54, 1.807) is 0 Å². The molecule has 0 aliphatic rings. The molecule has 2 aromatic rings. The molecule has 1 aromatic carbocycles. The Morgan fingerprint density at radius 3 is 2.74 bits per heavy atom. The summed E-state index contributed by atoms with van der Waals surface area (Å²) in [6, 6.07) is 6.93. The third-order valence-corrected chi connectivity index (χ3v) is 3.85. The number of hydrogen-bond acceptors (Lipinski definition) is 4. The van der Waals surface area contributed by atoms with Crippen LogP contribution in [0.1, 0.15) is 25.0 Å². The molecule has 23 heavy (non-hydrogen) atoms. The molecular weight excluding hydrogens is 286 g/mol. The highest BCUT2D eigenvalue weighted by molar-refractivity contribution is 5.68. The predicted octanol–water partition coefficient (Wildman–Crippen LogP) is 2.86. The molecule has 0 saturated carbocycles. The third kappa shape index (κ3) is 4.81. The molecule has 0 fully saturated rings. The summed E-state index contributed by atoms with van der Waals surface area (Å²) in [6.07, 6.45) is 2.00. The fourth-order valence-corrected chi connectivity index (χ4v) is 2.64. The fraction of sp³-hybridized carbons (Fsp3) is 0.500.